The van der Waals surface area contributed by atoms with Gasteiger partial charge < -0.3 is 15.6 Å². The number of amides is 1. The van der Waals surface area contributed by atoms with Crippen LogP contribution in [0.25, 0.3) is 0 Å². The van der Waals surface area contributed by atoms with E-state index < -0.39 is 0 Å². The minimum atomic E-state index is -0.233. The number of anilines is 1. The number of nitrogen functional groups attached to an aromatic ring is 1. The molecule has 6 nitrogen and oxygen atoms in total. The second-order valence-electron chi connectivity index (χ2n) is 4.24. The van der Waals surface area contributed by atoms with E-state index in [0.717, 1.165) is 0 Å². The molecule has 7 heteroatoms. The van der Waals surface area contributed by atoms with Crippen LogP contribution in [0.3, 0.4) is 0 Å². The predicted molar refractivity (Wildman–Crippen MR) is 72.8 cm³/mol. The summed E-state index contributed by atoms with van der Waals surface area (Å²) in [5.41, 5.74) is 5.95. The maximum absolute atomic E-state index is 12.0. The number of hydrogen-bond donors (Lipinski definition) is 2. The van der Waals surface area contributed by atoms with Crippen molar-refractivity contribution in [1.29, 1.82) is 0 Å². The molecule has 100 valence electrons. The minimum absolute atomic E-state index is 0.0464. The summed E-state index contributed by atoms with van der Waals surface area (Å²) >= 11 is 5.76. The topological polar surface area (TPSA) is 85.8 Å². The first-order valence-electron chi connectivity index (χ1n) is 5.74. The Balaban J connectivity index is 2.00. The zero-order valence-corrected chi connectivity index (χ0v) is 11.1. The first-order valence-corrected chi connectivity index (χ1v) is 6.12. The summed E-state index contributed by atoms with van der Waals surface area (Å²) in [5, 5.41) is 3.06. The van der Waals surface area contributed by atoms with Gasteiger partial charge in [-0.05, 0) is 19.1 Å². The second kappa shape index (κ2) is 5.71. The van der Waals surface area contributed by atoms with Crippen LogP contribution in [0.1, 0.15) is 17.3 Å². The SMILES string of the molecule is CC(Cn1ccnc1)NC(=O)c1cc(N)nc(Cl)c1. The molecule has 0 spiro atoms. The van der Waals surface area contributed by atoms with Crippen molar-refractivity contribution in [3.05, 3.63) is 41.6 Å². The molecule has 0 bridgehead atoms. The van der Waals surface area contributed by atoms with Gasteiger partial charge in [-0.25, -0.2) is 9.97 Å². The summed E-state index contributed by atoms with van der Waals surface area (Å²) in [5.74, 6) is -0.0106. The summed E-state index contributed by atoms with van der Waals surface area (Å²) in [6.07, 6.45) is 5.23. The van der Waals surface area contributed by atoms with E-state index in [0.29, 0.717) is 12.1 Å². The molecule has 0 saturated carbocycles. The third-order valence-corrected chi connectivity index (χ3v) is 2.69. The van der Waals surface area contributed by atoms with Crippen molar-refractivity contribution in [2.75, 3.05) is 5.73 Å². The summed E-state index contributed by atoms with van der Waals surface area (Å²) in [4.78, 5) is 19.8. The molecule has 1 unspecified atom stereocenters. The van der Waals surface area contributed by atoms with Crippen molar-refractivity contribution in [3.8, 4) is 0 Å². The molecule has 0 aliphatic carbocycles. The van der Waals surface area contributed by atoms with Crippen LogP contribution in [0.2, 0.25) is 5.15 Å². The van der Waals surface area contributed by atoms with Gasteiger partial charge in [-0.1, -0.05) is 11.6 Å². The third kappa shape index (κ3) is 3.69. The monoisotopic (exact) mass is 279 g/mol. The van der Waals surface area contributed by atoms with Gasteiger partial charge in [0.1, 0.15) is 11.0 Å². The number of pyridine rings is 1. The molecule has 1 atom stereocenters. The van der Waals surface area contributed by atoms with Gasteiger partial charge in [0.2, 0.25) is 0 Å². The van der Waals surface area contributed by atoms with Crippen LogP contribution < -0.4 is 11.1 Å². The quantitative estimate of drug-likeness (QED) is 0.827. The molecule has 0 aliphatic heterocycles. The van der Waals surface area contributed by atoms with Crippen LogP contribution in [-0.4, -0.2) is 26.5 Å². The maximum Gasteiger partial charge on any atom is 0.251 e. The van der Waals surface area contributed by atoms with Gasteiger partial charge >= 0.3 is 0 Å². The van der Waals surface area contributed by atoms with E-state index in [9.17, 15) is 4.79 Å². The van der Waals surface area contributed by atoms with Crippen LogP contribution in [0.15, 0.2) is 30.9 Å². The molecule has 19 heavy (non-hydrogen) atoms. The number of nitrogens with one attached hydrogen (secondary N) is 1. The molecular weight excluding hydrogens is 266 g/mol. The van der Waals surface area contributed by atoms with Crippen molar-refractivity contribution in [2.45, 2.75) is 19.5 Å². The molecule has 2 aromatic rings. The Morgan fingerprint density at radius 2 is 2.37 bits per heavy atom. The lowest BCUT2D eigenvalue weighted by Gasteiger charge is -2.14. The van der Waals surface area contributed by atoms with Crippen molar-refractivity contribution < 1.29 is 4.79 Å². The lowest BCUT2D eigenvalue weighted by Crippen LogP contribution is -2.35. The lowest BCUT2D eigenvalue weighted by molar-refractivity contribution is 0.0936. The zero-order valence-electron chi connectivity index (χ0n) is 10.4. The van der Waals surface area contributed by atoms with Crippen LogP contribution >= 0.6 is 11.6 Å². The fourth-order valence-corrected chi connectivity index (χ4v) is 1.93. The molecular formula is C12H14ClN5O. The number of rotatable bonds is 4. The fraction of sp³-hybridized carbons (Fsp3) is 0.250. The molecule has 3 N–H and O–H groups in total. The standard InChI is InChI=1S/C12H14ClN5O/c1-8(6-18-3-2-15-7-18)16-12(19)9-4-10(13)17-11(14)5-9/h2-5,7-8H,6H2,1H3,(H2,14,17)(H,16,19). The van der Waals surface area contributed by atoms with E-state index in [1.807, 2.05) is 17.7 Å². The van der Waals surface area contributed by atoms with E-state index in [4.69, 9.17) is 17.3 Å². The van der Waals surface area contributed by atoms with Gasteiger partial charge in [0, 0.05) is 30.5 Å². The highest BCUT2D eigenvalue weighted by atomic mass is 35.5. The Kier molecular flexibility index (Phi) is 4.01. The van der Waals surface area contributed by atoms with Crippen LogP contribution in [-0.2, 0) is 6.54 Å². The molecule has 0 aliphatic rings. The largest absolute Gasteiger partial charge is 0.384 e. The summed E-state index contributed by atoms with van der Waals surface area (Å²) in [6, 6.07) is 2.93. The molecule has 2 heterocycles. The Morgan fingerprint density at radius 3 is 3.00 bits per heavy atom. The van der Waals surface area contributed by atoms with E-state index >= 15 is 0 Å². The van der Waals surface area contributed by atoms with E-state index in [1.165, 1.54) is 12.1 Å². The number of aromatic nitrogens is 3. The first-order chi connectivity index (χ1) is 9.04. The van der Waals surface area contributed by atoms with Gasteiger partial charge in [0.25, 0.3) is 5.91 Å². The maximum atomic E-state index is 12.0. The van der Waals surface area contributed by atoms with Gasteiger partial charge in [-0.3, -0.25) is 4.79 Å². The molecule has 0 aromatic carbocycles. The number of nitrogens with zero attached hydrogens (tertiary/aromatic N) is 3. The average molecular weight is 280 g/mol. The third-order valence-electron chi connectivity index (χ3n) is 2.50. The predicted octanol–water partition coefficient (Wildman–Crippen LogP) is 1.33. The van der Waals surface area contributed by atoms with Crippen molar-refractivity contribution in [1.82, 2.24) is 19.9 Å². The number of hydrogen-bond acceptors (Lipinski definition) is 4. The normalized spacial score (nSPS) is 12.1. The molecule has 0 radical (unpaired) electrons. The lowest BCUT2D eigenvalue weighted by atomic mass is 10.2. The number of carbonyl (C=O) groups excluding carboxylic acids is 1. The second-order valence-corrected chi connectivity index (χ2v) is 4.62. The van der Waals surface area contributed by atoms with Crippen LogP contribution in [0.5, 0.6) is 0 Å². The fourth-order valence-electron chi connectivity index (χ4n) is 1.71. The van der Waals surface area contributed by atoms with E-state index in [2.05, 4.69) is 15.3 Å². The van der Waals surface area contributed by atoms with Gasteiger partial charge in [-0.2, -0.15) is 0 Å². The van der Waals surface area contributed by atoms with Crippen molar-refractivity contribution in [2.24, 2.45) is 0 Å². The molecule has 2 rings (SSSR count). The highest BCUT2D eigenvalue weighted by Gasteiger charge is 2.11. The van der Waals surface area contributed by atoms with Crippen molar-refractivity contribution in [3.63, 3.8) is 0 Å². The number of imidazole rings is 1. The number of carbonyl (C=O) groups is 1. The Hall–Kier alpha value is -2.08. The summed E-state index contributed by atoms with van der Waals surface area (Å²) in [7, 11) is 0. The Labute approximate surface area is 115 Å². The van der Waals surface area contributed by atoms with Gasteiger partial charge in [-0.15, -0.1) is 0 Å². The summed E-state index contributed by atoms with van der Waals surface area (Å²) < 4.78 is 1.89. The van der Waals surface area contributed by atoms with Crippen LogP contribution in [0, 0.1) is 0 Å². The minimum Gasteiger partial charge on any atom is -0.384 e. The molecule has 1 amide bonds. The van der Waals surface area contributed by atoms with Crippen molar-refractivity contribution >= 4 is 23.3 Å². The van der Waals surface area contributed by atoms with E-state index in [-0.39, 0.29) is 22.9 Å². The van der Waals surface area contributed by atoms with E-state index in [1.54, 1.807) is 12.5 Å². The molecule has 0 fully saturated rings. The Bertz CT molecular complexity index is 549. The van der Waals surface area contributed by atoms with Gasteiger partial charge in [0.05, 0.1) is 6.33 Å². The Morgan fingerprint density at radius 1 is 1.58 bits per heavy atom. The summed E-state index contributed by atoms with van der Waals surface area (Å²) in [6.45, 7) is 2.55. The smallest absolute Gasteiger partial charge is 0.251 e. The molecule has 0 saturated heterocycles. The zero-order chi connectivity index (χ0) is 13.8. The van der Waals surface area contributed by atoms with Gasteiger partial charge in [0.15, 0.2) is 0 Å². The molecule has 2 aromatic heterocycles. The highest BCUT2D eigenvalue weighted by Crippen LogP contribution is 2.12. The van der Waals surface area contributed by atoms with Crippen LogP contribution in [0.4, 0.5) is 5.82 Å². The average Bonchev–Trinajstić information content (AvgIpc) is 2.80. The first kappa shape index (κ1) is 13.4. The highest BCUT2D eigenvalue weighted by molar-refractivity contribution is 6.29. The number of nitrogens with two attached hydrogens (primary N) is 1. The number of halogens is 1.